The van der Waals surface area contributed by atoms with E-state index in [1.807, 2.05) is 12.1 Å². The van der Waals surface area contributed by atoms with Gasteiger partial charge in [0.2, 0.25) is 0 Å². The predicted octanol–water partition coefficient (Wildman–Crippen LogP) is -0.0547. The quantitative estimate of drug-likeness (QED) is 0.502. The summed E-state index contributed by atoms with van der Waals surface area (Å²) in [6.07, 6.45) is 1.40. The van der Waals surface area contributed by atoms with Gasteiger partial charge in [-0.25, -0.2) is 0 Å². The first-order chi connectivity index (χ1) is 4.77. The highest BCUT2D eigenvalue weighted by molar-refractivity contribution is 5.35. The van der Waals surface area contributed by atoms with Crippen LogP contribution in [-0.2, 0) is 0 Å². The van der Waals surface area contributed by atoms with E-state index in [1.54, 1.807) is 0 Å². The van der Waals surface area contributed by atoms with Crippen LogP contribution in [0, 0.1) is 22.7 Å². The highest BCUT2D eigenvalue weighted by atomic mass is 15.3. The topological polar surface area (TPSA) is 78.5 Å². The Labute approximate surface area is 57.7 Å². The molecule has 0 aliphatic carbocycles. The average Bonchev–Trinajstić information content (AvgIpc) is 2.30. The van der Waals surface area contributed by atoms with Crippen LogP contribution < -0.4 is 5.84 Å². The average molecular weight is 132 g/mol. The second kappa shape index (κ2) is 2.12. The summed E-state index contributed by atoms with van der Waals surface area (Å²) in [5.41, 5.74) is 0.690. The summed E-state index contributed by atoms with van der Waals surface area (Å²) in [5, 5.41) is 16.7. The van der Waals surface area contributed by atoms with Crippen LogP contribution in [0.3, 0.4) is 0 Å². The van der Waals surface area contributed by atoms with E-state index in [9.17, 15) is 0 Å². The number of aromatic nitrogens is 1. The summed E-state index contributed by atoms with van der Waals surface area (Å²) in [4.78, 5) is 0. The Kier molecular flexibility index (Phi) is 1.31. The Morgan fingerprint density at radius 1 is 1.40 bits per heavy atom. The fourth-order valence-corrected chi connectivity index (χ4v) is 0.630. The minimum atomic E-state index is 0.288. The van der Waals surface area contributed by atoms with E-state index in [0.717, 1.165) is 4.68 Å². The number of nitrogens with zero attached hydrogens (tertiary/aromatic N) is 3. The molecular weight excluding hydrogens is 128 g/mol. The monoisotopic (exact) mass is 132 g/mol. The maximum absolute atomic E-state index is 8.37. The van der Waals surface area contributed by atoms with Crippen molar-refractivity contribution in [2.75, 3.05) is 5.84 Å². The molecule has 0 amide bonds. The lowest BCUT2D eigenvalue weighted by molar-refractivity contribution is 0.993. The summed E-state index contributed by atoms with van der Waals surface area (Å²) in [6.45, 7) is 0. The molecule has 48 valence electrons. The number of hydrogen-bond acceptors (Lipinski definition) is 3. The lowest BCUT2D eigenvalue weighted by Gasteiger charge is -1.87. The third-order valence-corrected chi connectivity index (χ3v) is 1.09. The van der Waals surface area contributed by atoms with Crippen molar-refractivity contribution in [1.29, 1.82) is 10.5 Å². The molecule has 0 unspecified atom stereocenters. The number of nitrogen functional groups attached to an aromatic ring is 1. The zero-order valence-electron chi connectivity index (χ0n) is 5.07. The first-order valence-corrected chi connectivity index (χ1v) is 2.55. The Bertz CT molecular complexity index is 322. The van der Waals surface area contributed by atoms with E-state index < -0.39 is 0 Å². The van der Waals surface area contributed by atoms with Gasteiger partial charge in [-0.15, -0.1) is 0 Å². The normalized spacial score (nSPS) is 8.20. The van der Waals surface area contributed by atoms with Gasteiger partial charge in [0, 0.05) is 6.20 Å². The Balaban J connectivity index is 3.23. The molecule has 10 heavy (non-hydrogen) atoms. The smallest absolute Gasteiger partial charge is 0.140 e. The van der Waals surface area contributed by atoms with Gasteiger partial charge in [0.25, 0.3) is 0 Å². The van der Waals surface area contributed by atoms with Crippen LogP contribution in [0.15, 0.2) is 12.3 Å². The van der Waals surface area contributed by atoms with Gasteiger partial charge in [-0.1, -0.05) is 0 Å². The molecule has 2 N–H and O–H groups in total. The van der Waals surface area contributed by atoms with Gasteiger partial charge in [-0.3, -0.25) is 4.68 Å². The van der Waals surface area contributed by atoms with Crippen LogP contribution in [0.1, 0.15) is 11.3 Å². The highest BCUT2D eigenvalue weighted by Crippen LogP contribution is 2.01. The summed E-state index contributed by atoms with van der Waals surface area (Å²) < 4.78 is 1.12. The summed E-state index contributed by atoms with van der Waals surface area (Å²) >= 11 is 0. The van der Waals surface area contributed by atoms with Gasteiger partial charge in [-0.05, 0) is 6.07 Å². The molecule has 4 heteroatoms. The van der Waals surface area contributed by atoms with E-state index in [1.165, 1.54) is 12.3 Å². The second-order valence-electron chi connectivity index (χ2n) is 1.74. The van der Waals surface area contributed by atoms with Gasteiger partial charge in [0.05, 0.1) is 5.56 Å². The first kappa shape index (κ1) is 6.18. The van der Waals surface area contributed by atoms with E-state index in [0.29, 0.717) is 5.56 Å². The fourth-order valence-electron chi connectivity index (χ4n) is 0.630. The molecule has 0 saturated heterocycles. The molecule has 1 aromatic heterocycles. The van der Waals surface area contributed by atoms with Crippen molar-refractivity contribution in [3.05, 3.63) is 23.5 Å². The molecule has 0 atom stereocenters. The molecule has 0 aromatic carbocycles. The van der Waals surface area contributed by atoms with Gasteiger partial charge < -0.3 is 5.84 Å². The lowest BCUT2D eigenvalue weighted by atomic mass is 10.3. The van der Waals surface area contributed by atoms with E-state index >= 15 is 0 Å². The van der Waals surface area contributed by atoms with Crippen molar-refractivity contribution < 1.29 is 0 Å². The van der Waals surface area contributed by atoms with Crippen molar-refractivity contribution in [2.24, 2.45) is 0 Å². The van der Waals surface area contributed by atoms with E-state index in [2.05, 4.69) is 0 Å². The molecule has 1 heterocycles. The van der Waals surface area contributed by atoms with Crippen LogP contribution >= 0.6 is 0 Å². The van der Waals surface area contributed by atoms with E-state index in [-0.39, 0.29) is 5.69 Å². The summed E-state index contributed by atoms with van der Waals surface area (Å²) in [7, 11) is 0. The predicted molar refractivity (Wildman–Crippen MR) is 34.0 cm³/mol. The summed E-state index contributed by atoms with van der Waals surface area (Å²) in [6, 6.07) is 5.14. The van der Waals surface area contributed by atoms with Crippen LogP contribution in [-0.4, -0.2) is 4.68 Å². The van der Waals surface area contributed by atoms with Crippen molar-refractivity contribution in [1.82, 2.24) is 4.68 Å². The maximum Gasteiger partial charge on any atom is 0.140 e. The highest BCUT2D eigenvalue weighted by Gasteiger charge is 1.99. The van der Waals surface area contributed by atoms with Gasteiger partial charge >= 0.3 is 0 Å². The molecule has 0 spiro atoms. The lowest BCUT2D eigenvalue weighted by Crippen LogP contribution is -2.07. The second-order valence-corrected chi connectivity index (χ2v) is 1.74. The number of nitrogens with two attached hydrogens (primary N) is 1. The van der Waals surface area contributed by atoms with Crippen LogP contribution in [0.5, 0.6) is 0 Å². The molecule has 0 saturated carbocycles. The first-order valence-electron chi connectivity index (χ1n) is 2.55. The molecule has 1 aromatic rings. The van der Waals surface area contributed by atoms with Crippen LogP contribution in [0.25, 0.3) is 0 Å². The Morgan fingerprint density at radius 3 is 2.40 bits per heavy atom. The SMILES string of the molecule is N#Cc1cc(C#N)n(N)c1. The van der Waals surface area contributed by atoms with Crippen molar-refractivity contribution in [3.63, 3.8) is 0 Å². The molecular formula is C6H4N4. The molecule has 0 fully saturated rings. The molecule has 1 rings (SSSR count). The van der Waals surface area contributed by atoms with Crippen LogP contribution in [0.2, 0.25) is 0 Å². The third kappa shape index (κ3) is 0.785. The third-order valence-electron chi connectivity index (χ3n) is 1.09. The molecule has 4 nitrogen and oxygen atoms in total. The molecule has 0 radical (unpaired) electrons. The number of hydrogen-bond donors (Lipinski definition) is 1. The van der Waals surface area contributed by atoms with Crippen molar-refractivity contribution >= 4 is 0 Å². The minimum absolute atomic E-state index is 0.288. The minimum Gasteiger partial charge on any atom is -0.338 e. The van der Waals surface area contributed by atoms with Gasteiger partial charge in [-0.2, -0.15) is 10.5 Å². The largest absolute Gasteiger partial charge is 0.338 e. The molecule has 0 aliphatic rings. The summed E-state index contributed by atoms with van der Waals surface area (Å²) in [5.74, 6) is 5.27. The van der Waals surface area contributed by atoms with Gasteiger partial charge in [0.1, 0.15) is 17.8 Å². The number of rotatable bonds is 0. The Morgan fingerprint density at radius 2 is 2.10 bits per heavy atom. The number of nitriles is 2. The molecule has 0 bridgehead atoms. The maximum atomic E-state index is 8.37. The van der Waals surface area contributed by atoms with Crippen molar-refractivity contribution in [3.8, 4) is 12.1 Å². The fraction of sp³-hybridized carbons (Fsp3) is 0. The Hall–Kier alpha value is -1.94. The van der Waals surface area contributed by atoms with Crippen molar-refractivity contribution in [2.45, 2.75) is 0 Å². The van der Waals surface area contributed by atoms with E-state index in [4.69, 9.17) is 16.4 Å². The van der Waals surface area contributed by atoms with Crippen LogP contribution in [0.4, 0.5) is 0 Å². The zero-order chi connectivity index (χ0) is 7.56. The van der Waals surface area contributed by atoms with Gasteiger partial charge in [0.15, 0.2) is 0 Å². The standard InChI is InChI=1S/C6H4N4/c7-2-5-1-6(3-8)10(9)4-5/h1,4H,9H2. The molecule has 0 aliphatic heterocycles. The zero-order valence-corrected chi connectivity index (χ0v) is 5.07.